The van der Waals surface area contributed by atoms with Crippen LogP contribution in [0.1, 0.15) is 6.92 Å². The molecule has 0 aliphatic rings. The molecule has 0 radical (unpaired) electrons. The van der Waals surface area contributed by atoms with Crippen molar-refractivity contribution in [3.05, 3.63) is 0 Å². The number of hydrogen-bond donors (Lipinski definition) is 3. The van der Waals surface area contributed by atoms with Gasteiger partial charge in [0.15, 0.2) is 0 Å². The van der Waals surface area contributed by atoms with Crippen LogP contribution in [0.25, 0.3) is 0 Å². The fourth-order valence-electron chi connectivity index (χ4n) is 0. The normalized spacial score (nSPS) is 5.50. The van der Waals surface area contributed by atoms with E-state index < -0.39 is 5.97 Å². The maximum absolute atomic E-state index is 9.00. The Hall–Kier alpha value is 0.680. The van der Waals surface area contributed by atoms with Gasteiger partial charge in [-0.2, -0.15) is 0 Å². The second-order valence-electron chi connectivity index (χ2n) is 1.10. The van der Waals surface area contributed by atoms with E-state index in [0.717, 1.165) is 6.92 Å². The molecule has 0 fully saturated rings. The molecule has 0 aromatic carbocycles. The van der Waals surface area contributed by atoms with Gasteiger partial charge in [0, 0.05) is 20.0 Å². The van der Waals surface area contributed by atoms with Crippen LogP contribution in [0, 0.1) is 0 Å². The summed E-state index contributed by atoms with van der Waals surface area (Å²) in [6.07, 6.45) is 0. The van der Waals surface area contributed by atoms with E-state index in [1.807, 2.05) is 0 Å². The number of nitrogens with two attached hydrogens (primary N) is 2. The van der Waals surface area contributed by atoms with Crippen LogP contribution >= 0.6 is 0 Å². The van der Waals surface area contributed by atoms with Gasteiger partial charge in [-0.25, -0.2) is 0 Å². The molecule has 5 N–H and O–H groups in total. The Morgan fingerprint density at radius 1 is 1.40 bits per heavy atom. The molecule has 0 aliphatic carbocycles. The van der Waals surface area contributed by atoms with Crippen molar-refractivity contribution in [1.29, 1.82) is 0 Å². The SMILES string of the molecule is CC(=O)O.NCCN.[Cl-].[Na+]. The maximum atomic E-state index is 9.00. The molecular weight excluding hydrogens is 166 g/mol. The molecule has 10 heavy (non-hydrogen) atoms. The number of rotatable bonds is 1. The van der Waals surface area contributed by atoms with Crippen LogP contribution in [0.3, 0.4) is 0 Å². The van der Waals surface area contributed by atoms with E-state index >= 15 is 0 Å². The second-order valence-corrected chi connectivity index (χ2v) is 1.10. The molecule has 0 bridgehead atoms. The molecule has 0 atom stereocenters. The van der Waals surface area contributed by atoms with Crippen molar-refractivity contribution in [2.24, 2.45) is 11.5 Å². The van der Waals surface area contributed by atoms with Crippen LogP contribution in [0.4, 0.5) is 0 Å². The van der Waals surface area contributed by atoms with Gasteiger partial charge in [-0.1, -0.05) is 0 Å². The van der Waals surface area contributed by atoms with Crippen molar-refractivity contribution in [2.45, 2.75) is 6.92 Å². The first-order chi connectivity index (χ1) is 3.65. The Balaban J connectivity index is -0.0000000300. The topological polar surface area (TPSA) is 89.3 Å². The molecule has 0 amide bonds. The van der Waals surface area contributed by atoms with Crippen LogP contribution in [0.15, 0.2) is 0 Å². The molecule has 0 rings (SSSR count). The van der Waals surface area contributed by atoms with Crippen molar-refractivity contribution < 1.29 is 51.9 Å². The van der Waals surface area contributed by atoms with Crippen LogP contribution in [0.5, 0.6) is 0 Å². The van der Waals surface area contributed by atoms with Crippen LogP contribution in [-0.2, 0) is 4.79 Å². The first-order valence-corrected chi connectivity index (χ1v) is 2.24. The van der Waals surface area contributed by atoms with Crippen molar-refractivity contribution in [3.8, 4) is 0 Å². The Kier molecular flexibility index (Phi) is 50.7. The van der Waals surface area contributed by atoms with Crippen LogP contribution < -0.4 is 53.4 Å². The molecule has 58 valence electrons. The third kappa shape index (κ3) is 181. The zero-order chi connectivity index (χ0) is 6.99. The van der Waals surface area contributed by atoms with Crippen molar-refractivity contribution in [3.63, 3.8) is 0 Å². The first-order valence-electron chi connectivity index (χ1n) is 2.24. The summed E-state index contributed by atoms with van der Waals surface area (Å²) in [7, 11) is 0. The van der Waals surface area contributed by atoms with E-state index in [9.17, 15) is 0 Å². The summed E-state index contributed by atoms with van der Waals surface area (Å²) in [5.74, 6) is -0.833. The van der Waals surface area contributed by atoms with E-state index in [2.05, 4.69) is 0 Å². The maximum Gasteiger partial charge on any atom is 1.00 e. The minimum atomic E-state index is -0.833. The summed E-state index contributed by atoms with van der Waals surface area (Å²) < 4.78 is 0. The van der Waals surface area contributed by atoms with Gasteiger partial charge in [0.05, 0.1) is 0 Å². The molecule has 0 aromatic heterocycles. The first kappa shape index (κ1) is 22.4. The molecule has 0 saturated heterocycles. The van der Waals surface area contributed by atoms with Crippen LogP contribution in [-0.4, -0.2) is 24.2 Å². The molecule has 6 heteroatoms. The summed E-state index contributed by atoms with van der Waals surface area (Å²) in [4.78, 5) is 9.00. The van der Waals surface area contributed by atoms with Gasteiger partial charge in [-0.05, 0) is 0 Å². The molecule has 4 nitrogen and oxygen atoms in total. The van der Waals surface area contributed by atoms with Gasteiger partial charge in [0.1, 0.15) is 0 Å². The molecular formula is C4H12ClN2NaO2. The van der Waals surface area contributed by atoms with Gasteiger partial charge in [-0.15, -0.1) is 0 Å². The second kappa shape index (κ2) is 22.6. The Morgan fingerprint density at radius 2 is 1.50 bits per heavy atom. The molecule has 0 spiro atoms. The monoisotopic (exact) mass is 178 g/mol. The number of carbonyl (C=O) groups is 1. The van der Waals surface area contributed by atoms with Crippen molar-refractivity contribution in [1.82, 2.24) is 0 Å². The molecule has 0 heterocycles. The zero-order valence-corrected chi connectivity index (χ0v) is 9.06. The van der Waals surface area contributed by atoms with Crippen molar-refractivity contribution in [2.75, 3.05) is 13.1 Å². The number of carboxylic acids is 1. The predicted molar refractivity (Wildman–Crippen MR) is 31.4 cm³/mol. The van der Waals surface area contributed by atoms with Gasteiger partial charge >= 0.3 is 29.6 Å². The van der Waals surface area contributed by atoms with E-state index in [0.29, 0.717) is 13.1 Å². The summed E-state index contributed by atoms with van der Waals surface area (Å²) in [6.45, 7) is 2.28. The quantitative estimate of drug-likeness (QED) is 0.348. The van der Waals surface area contributed by atoms with Gasteiger partial charge in [-0.3, -0.25) is 4.79 Å². The van der Waals surface area contributed by atoms with Gasteiger partial charge in [0.2, 0.25) is 0 Å². The minimum absolute atomic E-state index is 0. The average molecular weight is 179 g/mol. The minimum Gasteiger partial charge on any atom is -1.00 e. The number of carboxylic acid groups (broad SMARTS) is 1. The third-order valence-corrected chi connectivity index (χ3v) is 0.167. The summed E-state index contributed by atoms with van der Waals surface area (Å²) in [6, 6.07) is 0. The van der Waals surface area contributed by atoms with Gasteiger partial charge < -0.3 is 29.0 Å². The number of hydrogen-bond acceptors (Lipinski definition) is 3. The number of halogens is 1. The Bertz CT molecular complexity index is 59.2. The fraction of sp³-hybridized carbons (Fsp3) is 0.750. The van der Waals surface area contributed by atoms with Crippen molar-refractivity contribution >= 4 is 5.97 Å². The average Bonchev–Trinajstić information content (AvgIpc) is 1.65. The van der Waals surface area contributed by atoms with Crippen LogP contribution in [0.2, 0.25) is 0 Å². The fourth-order valence-corrected chi connectivity index (χ4v) is 0. The largest absolute Gasteiger partial charge is 1.00 e. The summed E-state index contributed by atoms with van der Waals surface area (Å²) in [5.41, 5.74) is 9.81. The molecule has 0 aliphatic heterocycles. The summed E-state index contributed by atoms with van der Waals surface area (Å²) >= 11 is 0. The van der Waals surface area contributed by atoms with E-state index in [-0.39, 0.29) is 42.0 Å². The smallest absolute Gasteiger partial charge is 1.00 e. The molecule has 0 unspecified atom stereocenters. The molecule has 0 aromatic rings. The van der Waals surface area contributed by atoms with E-state index in [4.69, 9.17) is 21.4 Å². The van der Waals surface area contributed by atoms with E-state index in [1.165, 1.54) is 0 Å². The Labute approximate surface area is 89.0 Å². The predicted octanol–water partition coefficient (Wildman–Crippen LogP) is -7.00. The van der Waals surface area contributed by atoms with E-state index in [1.54, 1.807) is 0 Å². The Morgan fingerprint density at radius 3 is 1.50 bits per heavy atom. The zero-order valence-electron chi connectivity index (χ0n) is 6.30. The summed E-state index contributed by atoms with van der Waals surface area (Å²) in [5, 5.41) is 7.42. The number of aliphatic carboxylic acids is 1. The standard InChI is InChI=1S/C2H8N2.C2H4O2.ClH.Na/c3-1-2-4;1-2(3)4;;/h1-4H2;1H3,(H,3,4);1H;/q;;;+1/p-1. The molecule has 0 saturated carbocycles. The van der Waals surface area contributed by atoms with Gasteiger partial charge in [0.25, 0.3) is 5.97 Å². The third-order valence-electron chi connectivity index (χ3n) is 0.167.